The Morgan fingerprint density at radius 2 is 1.69 bits per heavy atom. The smallest absolute Gasteiger partial charge is 0.216 e. The number of pyridine rings is 4. The van der Waals surface area contributed by atoms with Crippen LogP contribution in [0.4, 0.5) is 0 Å². The third-order valence-corrected chi connectivity index (χ3v) is 7.16. The first-order chi connectivity index (χ1) is 25.2. The van der Waals surface area contributed by atoms with Gasteiger partial charge in [-0.2, -0.15) is 0 Å². The summed E-state index contributed by atoms with van der Waals surface area (Å²) in [6, 6.07) is 32.9. The maximum Gasteiger partial charge on any atom is 0.216 e. The molecule has 45 heavy (non-hydrogen) atoms. The van der Waals surface area contributed by atoms with E-state index in [1.165, 1.54) is 18.5 Å². The number of rotatable bonds is 3. The van der Waals surface area contributed by atoms with Gasteiger partial charge in [0.15, 0.2) is 0 Å². The van der Waals surface area contributed by atoms with E-state index in [1.807, 2.05) is 48.5 Å². The van der Waals surface area contributed by atoms with Crippen LogP contribution in [0.1, 0.15) is 29.2 Å². The van der Waals surface area contributed by atoms with E-state index in [1.54, 1.807) is 48.8 Å². The molecule has 0 unspecified atom stereocenters. The van der Waals surface area contributed by atoms with Crippen molar-refractivity contribution in [2.24, 2.45) is 0 Å². The van der Waals surface area contributed by atoms with Gasteiger partial charge in [-0.15, -0.1) is 54.1 Å². The molecular weight excluding hydrogens is 733 g/mol. The molecule has 8 aromatic rings. The van der Waals surface area contributed by atoms with Gasteiger partial charge >= 0.3 is 0 Å². The number of hydrogen-bond donors (Lipinski definition) is 0. The maximum atomic E-state index is 8.08. The Morgan fingerprint density at radius 3 is 2.51 bits per heavy atom. The summed E-state index contributed by atoms with van der Waals surface area (Å²) in [6.07, 6.45) is 6.21. The van der Waals surface area contributed by atoms with Gasteiger partial charge in [-0.05, 0) is 83.8 Å². The van der Waals surface area contributed by atoms with Crippen LogP contribution < -0.4 is 0 Å². The minimum absolute atomic E-state index is 0. The normalized spacial score (nSPS) is 14.6. The largest absolute Gasteiger partial charge is 0.486 e. The van der Waals surface area contributed by atoms with Gasteiger partial charge in [0, 0.05) is 73.7 Å². The third-order valence-electron chi connectivity index (χ3n) is 7.16. The van der Waals surface area contributed by atoms with Gasteiger partial charge in [0.2, 0.25) is 5.71 Å². The quantitative estimate of drug-likeness (QED) is 0.168. The fourth-order valence-electron chi connectivity index (χ4n) is 5.00. The average Bonchev–Trinajstić information content (AvgIpc) is 3.52. The molecule has 0 amide bonds. The Kier molecular flexibility index (Phi) is 5.98. The van der Waals surface area contributed by atoms with Crippen LogP contribution in [-0.2, 0) is 20.1 Å². The van der Waals surface area contributed by atoms with E-state index in [-0.39, 0.29) is 42.6 Å². The fraction of sp³-hybridized carbons (Fsp3) is 0.0769. The van der Waals surface area contributed by atoms with Crippen LogP contribution in [0.25, 0.3) is 66.5 Å². The van der Waals surface area contributed by atoms with E-state index in [9.17, 15) is 0 Å². The molecule has 0 fully saturated rings. The minimum Gasteiger partial charge on any atom is -0.486 e. The van der Waals surface area contributed by atoms with Gasteiger partial charge in [-0.25, -0.2) is 4.98 Å². The molecule has 5 aromatic heterocycles. The number of benzene rings is 3. The van der Waals surface area contributed by atoms with Crippen molar-refractivity contribution in [1.29, 1.82) is 0 Å². The Morgan fingerprint density at radius 1 is 0.733 bits per heavy atom. The zero-order valence-electron chi connectivity index (χ0n) is 32.5. The maximum absolute atomic E-state index is 8.08. The molecule has 0 saturated carbocycles. The van der Waals surface area contributed by atoms with Crippen molar-refractivity contribution in [3.05, 3.63) is 145 Å². The van der Waals surface area contributed by atoms with Gasteiger partial charge in [0.25, 0.3) is 0 Å². The zero-order chi connectivity index (χ0) is 37.5. The molecule has 0 saturated heterocycles. The summed E-state index contributed by atoms with van der Waals surface area (Å²) in [4.78, 5) is 17.0. The summed E-state index contributed by atoms with van der Waals surface area (Å²) in [7, 11) is 0. The Hall–Kier alpha value is -5.03. The summed E-state index contributed by atoms with van der Waals surface area (Å²) in [6.45, 7) is -6.83. The Bertz CT molecular complexity index is 2590. The number of hydrogen-bond acceptors (Lipinski definition) is 5. The number of nitrogens with zero attached hydrogens (tertiary/aromatic N) is 4. The van der Waals surface area contributed by atoms with E-state index < -0.39 is 20.6 Å². The molecule has 0 atom stereocenters. The summed E-state index contributed by atoms with van der Waals surface area (Å²) in [5, 5.41) is 3.28. The van der Waals surface area contributed by atoms with Crippen LogP contribution in [0.2, 0.25) is 0 Å². The molecule has 0 spiro atoms. The van der Waals surface area contributed by atoms with Gasteiger partial charge in [-0.3, -0.25) is 4.98 Å². The average molecular weight is 770 g/mol. The Balaban J connectivity index is 0.000000246. The van der Waals surface area contributed by atoms with Gasteiger partial charge in [0.05, 0.1) is 5.58 Å². The molecule has 0 bridgehead atoms. The zero-order valence-corrected chi connectivity index (χ0v) is 25.9. The molecule has 5 nitrogen and oxygen atoms in total. The van der Waals surface area contributed by atoms with Crippen molar-refractivity contribution in [2.45, 2.75) is 20.6 Å². The van der Waals surface area contributed by atoms with Crippen LogP contribution in [-0.4, -0.2) is 19.9 Å². The van der Waals surface area contributed by atoms with Crippen LogP contribution >= 0.6 is 0 Å². The summed E-state index contributed by atoms with van der Waals surface area (Å²) >= 11 is 0. The summed E-state index contributed by atoms with van der Waals surface area (Å²) < 4.78 is 74.9. The molecule has 221 valence electrons. The number of fused-ring (bicyclic) bond motifs is 4. The number of furan rings is 1. The fourth-order valence-corrected chi connectivity index (χ4v) is 5.00. The first-order valence-electron chi connectivity index (χ1n) is 18.2. The topological polar surface area (TPSA) is 64.7 Å². The Labute approximate surface area is 288 Å². The van der Waals surface area contributed by atoms with E-state index in [0.29, 0.717) is 27.8 Å². The van der Waals surface area contributed by atoms with Crippen molar-refractivity contribution in [3.63, 3.8) is 0 Å². The second-order valence-electron chi connectivity index (χ2n) is 10.0. The van der Waals surface area contributed by atoms with Crippen molar-refractivity contribution >= 4 is 32.8 Å². The predicted octanol–water partition coefficient (Wildman–Crippen LogP) is 9.53. The molecule has 0 N–H and O–H groups in total. The van der Waals surface area contributed by atoms with Gasteiger partial charge in [0.1, 0.15) is 0 Å². The van der Waals surface area contributed by atoms with Gasteiger partial charge < -0.3 is 14.4 Å². The van der Waals surface area contributed by atoms with Crippen molar-refractivity contribution in [3.8, 4) is 33.6 Å². The van der Waals surface area contributed by atoms with E-state index in [0.717, 1.165) is 33.0 Å². The van der Waals surface area contributed by atoms with Crippen molar-refractivity contribution < 1.29 is 36.9 Å². The molecule has 0 aliphatic rings. The molecule has 3 aromatic carbocycles. The first kappa shape index (κ1) is 20.8. The first-order valence-corrected chi connectivity index (χ1v) is 13.7. The molecular formula is C39H28IrN4O-2. The van der Waals surface area contributed by atoms with E-state index in [2.05, 4.69) is 32.1 Å². The second-order valence-corrected chi connectivity index (χ2v) is 10.0. The second kappa shape index (κ2) is 12.9. The number of aromatic nitrogens is 4. The van der Waals surface area contributed by atoms with Crippen molar-refractivity contribution in [2.75, 3.05) is 0 Å². The summed E-state index contributed by atoms with van der Waals surface area (Å²) in [5.74, 6) is 0. The molecule has 0 aliphatic carbocycles. The van der Waals surface area contributed by atoms with Crippen LogP contribution in [0, 0.1) is 32.7 Å². The standard InChI is InChI=1S/C27H18N3O.C12H10N.Ir/c1-16-14-29-25(13-24(16)19-7-8-20-15-28-11-10-18(20)12-19)23-5-3-4-21-22-9-6-17(2)30-27(22)31-26(21)23;1-10-7-8-12(13-9-10)11-5-3-2-4-6-11;/h3-4,6-15H,1-2H3;2-5,7-9H,1H3;/q2*-1;/i1D3,2D3;1D3;. The summed E-state index contributed by atoms with van der Waals surface area (Å²) in [5.41, 5.74) is 4.81. The predicted molar refractivity (Wildman–Crippen MR) is 177 cm³/mol. The molecule has 6 heteroatoms. The minimum atomic E-state index is -2.38. The molecule has 8 rings (SSSR count). The van der Waals surface area contributed by atoms with Crippen LogP contribution in [0.3, 0.4) is 0 Å². The number of aryl methyl sites for hydroxylation is 3. The van der Waals surface area contributed by atoms with E-state index >= 15 is 0 Å². The van der Waals surface area contributed by atoms with Gasteiger partial charge in [-0.1, -0.05) is 41.3 Å². The van der Waals surface area contributed by atoms with Crippen LogP contribution in [0.5, 0.6) is 0 Å². The monoisotopic (exact) mass is 770 g/mol. The van der Waals surface area contributed by atoms with Crippen LogP contribution in [0.15, 0.2) is 120 Å². The third kappa shape index (κ3) is 6.16. The molecule has 1 radical (unpaired) electrons. The van der Waals surface area contributed by atoms with E-state index in [4.69, 9.17) is 16.8 Å². The molecule has 5 heterocycles. The van der Waals surface area contributed by atoms with Crippen molar-refractivity contribution in [1.82, 2.24) is 19.9 Å². The SMILES string of the molecule is [2H]C([2H])([2H])c1ccc(-c2[c-]cccc2)nc1.[2H]C([2H])([2H])c1ccc2c(n1)oc1c(-c3cc(-c4ccc5cnccc5c4)c(C([2H])([2H])[2H])cn3)[c-]ccc12.[Ir]. The molecule has 0 aliphatic heterocycles.